The highest BCUT2D eigenvalue weighted by atomic mass is 16.5. The van der Waals surface area contributed by atoms with Crippen molar-refractivity contribution < 1.29 is 4.74 Å². The predicted octanol–water partition coefficient (Wildman–Crippen LogP) is 2.18. The van der Waals surface area contributed by atoms with Gasteiger partial charge >= 0.3 is 0 Å². The Morgan fingerprint density at radius 1 is 1.17 bits per heavy atom. The number of ether oxygens (including phenoxy) is 1. The third-order valence-corrected chi connectivity index (χ3v) is 2.24. The lowest BCUT2D eigenvalue weighted by atomic mass is 9.99. The zero-order chi connectivity index (χ0) is 9.40. The predicted molar refractivity (Wildman–Crippen MR) is 53.2 cm³/mol. The molecular weight excluding hydrogens is 150 g/mol. The summed E-state index contributed by atoms with van der Waals surface area (Å²) in [4.78, 5) is 0. The van der Waals surface area contributed by atoms with Crippen molar-refractivity contribution in [3.63, 3.8) is 0 Å². The molecule has 0 radical (unpaired) electrons. The summed E-state index contributed by atoms with van der Waals surface area (Å²) in [5, 5.41) is 0. The minimum atomic E-state index is 0.382. The molecule has 0 aromatic rings. The van der Waals surface area contributed by atoms with Crippen LogP contribution in [0.25, 0.3) is 0 Å². The summed E-state index contributed by atoms with van der Waals surface area (Å²) in [6, 6.07) is 0.382. The fourth-order valence-corrected chi connectivity index (χ4v) is 1.14. The summed E-state index contributed by atoms with van der Waals surface area (Å²) in [6.07, 6.45) is 4.81. The normalized spacial score (nSPS) is 13.8. The Labute approximate surface area is 76.5 Å². The molecule has 0 aromatic heterocycles. The summed E-state index contributed by atoms with van der Waals surface area (Å²) >= 11 is 0. The monoisotopic (exact) mass is 173 g/mol. The molecule has 0 amide bonds. The van der Waals surface area contributed by atoms with Gasteiger partial charge in [-0.15, -0.1) is 0 Å². The van der Waals surface area contributed by atoms with Crippen LogP contribution in [0.15, 0.2) is 0 Å². The first-order chi connectivity index (χ1) is 5.68. The van der Waals surface area contributed by atoms with Crippen LogP contribution in [0.3, 0.4) is 0 Å². The van der Waals surface area contributed by atoms with Crippen LogP contribution < -0.4 is 5.73 Å². The summed E-state index contributed by atoms with van der Waals surface area (Å²) in [7, 11) is 1.75. The Balaban J connectivity index is 3.08. The number of hydrogen-bond donors (Lipinski definition) is 1. The van der Waals surface area contributed by atoms with Gasteiger partial charge in [-0.2, -0.15) is 0 Å². The van der Waals surface area contributed by atoms with Gasteiger partial charge in [0.15, 0.2) is 0 Å². The number of nitrogens with two attached hydrogens (primary N) is 1. The Bertz CT molecular complexity index is 93.8. The summed E-state index contributed by atoms with van der Waals surface area (Å²) in [5.74, 6) is 0.618. The first kappa shape index (κ1) is 11.9. The average Bonchev–Trinajstić information content (AvgIpc) is 2.03. The van der Waals surface area contributed by atoms with Gasteiger partial charge in [-0.25, -0.2) is 0 Å². The van der Waals surface area contributed by atoms with Gasteiger partial charge in [0.05, 0.1) is 0 Å². The second-order valence-corrected chi connectivity index (χ2v) is 3.75. The van der Waals surface area contributed by atoms with E-state index in [9.17, 15) is 0 Å². The number of rotatable bonds is 7. The summed E-state index contributed by atoms with van der Waals surface area (Å²) in [5.41, 5.74) is 5.90. The van der Waals surface area contributed by atoms with Crippen LogP contribution in [0.1, 0.15) is 39.5 Å². The van der Waals surface area contributed by atoms with E-state index >= 15 is 0 Å². The number of methoxy groups -OCH3 is 1. The van der Waals surface area contributed by atoms with Crippen molar-refractivity contribution >= 4 is 0 Å². The second-order valence-electron chi connectivity index (χ2n) is 3.75. The van der Waals surface area contributed by atoms with Gasteiger partial charge in [0.2, 0.25) is 0 Å². The third kappa shape index (κ3) is 6.62. The second kappa shape index (κ2) is 7.56. The standard InChI is InChI=1S/C10H23NO/c1-9(2)10(11)7-5-4-6-8-12-3/h9-10H,4-8,11H2,1-3H3. The van der Waals surface area contributed by atoms with Gasteiger partial charge in [-0.3, -0.25) is 0 Å². The molecule has 0 aliphatic carbocycles. The van der Waals surface area contributed by atoms with Crippen molar-refractivity contribution in [1.29, 1.82) is 0 Å². The van der Waals surface area contributed by atoms with Gasteiger partial charge in [-0.05, 0) is 18.8 Å². The van der Waals surface area contributed by atoms with Crippen LogP contribution in [0.2, 0.25) is 0 Å². The van der Waals surface area contributed by atoms with Crippen LogP contribution >= 0.6 is 0 Å². The van der Waals surface area contributed by atoms with E-state index in [-0.39, 0.29) is 0 Å². The Kier molecular flexibility index (Phi) is 7.51. The van der Waals surface area contributed by atoms with Crippen molar-refractivity contribution in [1.82, 2.24) is 0 Å². The van der Waals surface area contributed by atoms with Gasteiger partial charge in [-0.1, -0.05) is 26.7 Å². The highest BCUT2D eigenvalue weighted by Gasteiger charge is 2.05. The molecule has 74 valence electrons. The highest BCUT2D eigenvalue weighted by molar-refractivity contribution is 4.64. The molecule has 0 fully saturated rings. The van der Waals surface area contributed by atoms with E-state index in [0.29, 0.717) is 12.0 Å². The van der Waals surface area contributed by atoms with E-state index in [1.807, 2.05) is 0 Å². The molecule has 0 heterocycles. The molecule has 0 spiro atoms. The molecule has 2 nitrogen and oxygen atoms in total. The molecule has 2 heteroatoms. The first-order valence-electron chi connectivity index (χ1n) is 4.93. The molecule has 0 saturated carbocycles. The van der Waals surface area contributed by atoms with Crippen LogP contribution in [0, 0.1) is 5.92 Å². The van der Waals surface area contributed by atoms with Crippen molar-refractivity contribution in [2.45, 2.75) is 45.6 Å². The van der Waals surface area contributed by atoms with Crippen LogP contribution in [-0.2, 0) is 4.74 Å². The van der Waals surface area contributed by atoms with Gasteiger partial charge < -0.3 is 10.5 Å². The minimum Gasteiger partial charge on any atom is -0.385 e. The summed E-state index contributed by atoms with van der Waals surface area (Å²) in [6.45, 7) is 5.25. The summed E-state index contributed by atoms with van der Waals surface area (Å²) < 4.78 is 4.97. The Morgan fingerprint density at radius 2 is 1.83 bits per heavy atom. The molecule has 2 N–H and O–H groups in total. The van der Waals surface area contributed by atoms with E-state index in [1.54, 1.807) is 7.11 Å². The maximum Gasteiger partial charge on any atom is 0.0462 e. The zero-order valence-corrected chi connectivity index (χ0v) is 8.68. The molecule has 1 unspecified atom stereocenters. The fraction of sp³-hybridized carbons (Fsp3) is 1.00. The van der Waals surface area contributed by atoms with E-state index < -0.39 is 0 Å². The molecule has 0 aromatic carbocycles. The fourth-order valence-electron chi connectivity index (χ4n) is 1.14. The Morgan fingerprint density at radius 3 is 2.33 bits per heavy atom. The lowest BCUT2D eigenvalue weighted by molar-refractivity contribution is 0.191. The molecule has 0 bridgehead atoms. The minimum absolute atomic E-state index is 0.382. The lowest BCUT2D eigenvalue weighted by Gasteiger charge is -2.14. The quantitative estimate of drug-likeness (QED) is 0.599. The van der Waals surface area contributed by atoms with Crippen molar-refractivity contribution in [3.05, 3.63) is 0 Å². The average molecular weight is 173 g/mol. The topological polar surface area (TPSA) is 35.2 Å². The Hall–Kier alpha value is -0.0800. The van der Waals surface area contributed by atoms with Crippen molar-refractivity contribution in [3.8, 4) is 0 Å². The van der Waals surface area contributed by atoms with Crippen molar-refractivity contribution in [2.24, 2.45) is 11.7 Å². The molecule has 0 rings (SSSR count). The molecule has 0 aliphatic rings. The maximum absolute atomic E-state index is 5.90. The number of hydrogen-bond acceptors (Lipinski definition) is 2. The van der Waals surface area contributed by atoms with Crippen molar-refractivity contribution in [2.75, 3.05) is 13.7 Å². The first-order valence-corrected chi connectivity index (χ1v) is 4.93. The molecule has 12 heavy (non-hydrogen) atoms. The SMILES string of the molecule is COCCCCCC(N)C(C)C. The van der Waals surface area contributed by atoms with E-state index in [1.165, 1.54) is 19.3 Å². The van der Waals surface area contributed by atoms with Gasteiger partial charge in [0, 0.05) is 19.8 Å². The molecule has 1 atom stereocenters. The molecular formula is C10H23NO. The van der Waals surface area contributed by atoms with Crippen LogP contribution in [-0.4, -0.2) is 19.8 Å². The molecule has 0 aliphatic heterocycles. The third-order valence-electron chi connectivity index (χ3n) is 2.24. The van der Waals surface area contributed by atoms with Gasteiger partial charge in [0.25, 0.3) is 0 Å². The van der Waals surface area contributed by atoms with Crippen LogP contribution in [0.4, 0.5) is 0 Å². The van der Waals surface area contributed by atoms with E-state index in [2.05, 4.69) is 13.8 Å². The lowest BCUT2D eigenvalue weighted by Crippen LogP contribution is -2.25. The van der Waals surface area contributed by atoms with E-state index in [4.69, 9.17) is 10.5 Å². The highest BCUT2D eigenvalue weighted by Crippen LogP contribution is 2.08. The van der Waals surface area contributed by atoms with E-state index in [0.717, 1.165) is 13.0 Å². The zero-order valence-electron chi connectivity index (χ0n) is 8.68. The molecule has 0 saturated heterocycles. The largest absolute Gasteiger partial charge is 0.385 e. The smallest absolute Gasteiger partial charge is 0.0462 e. The van der Waals surface area contributed by atoms with Crippen LogP contribution in [0.5, 0.6) is 0 Å². The number of unbranched alkanes of at least 4 members (excludes halogenated alkanes) is 2. The maximum atomic E-state index is 5.90. The van der Waals surface area contributed by atoms with Gasteiger partial charge in [0.1, 0.15) is 0 Å².